The lowest BCUT2D eigenvalue weighted by Crippen LogP contribution is -2.14. The van der Waals surface area contributed by atoms with E-state index in [2.05, 4.69) is 20.4 Å². The van der Waals surface area contributed by atoms with E-state index >= 15 is 0 Å². The van der Waals surface area contributed by atoms with Crippen molar-refractivity contribution in [3.63, 3.8) is 0 Å². The lowest BCUT2D eigenvalue weighted by atomic mass is 10.1. The van der Waals surface area contributed by atoms with Crippen LogP contribution in [0.2, 0.25) is 0 Å². The van der Waals surface area contributed by atoms with Crippen LogP contribution in [-0.4, -0.2) is 32.6 Å². The summed E-state index contributed by atoms with van der Waals surface area (Å²) in [6.07, 6.45) is -0.451. The van der Waals surface area contributed by atoms with Gasteiger partial charge in [0.2, 0.25) is 5.88 Å². The standard InChI is InChI=1S/C20H14F3N5O2/c1-30-16-10-12(5-7-25-16)18-17(14-4-2-3-9-28(14)27-18)19(29)26-13-6-8-24-15(11-13)20(21,22)23/h2-11H,1H3,(H,24,26,29). The second-order valence-corrected chi connectivity index (χ2v) is 6.22. The number of alkyl halides is 3. The Morgan fingerprint density at radius 2 is 1.90 bits per heavy atom. The van der Waals surface area contributed by atoms with E-state index in [1.807, 2.05) is 0 Å². The van der Waals surface area contributed by atoms with E-state index in [0.717, 1.165) is 12.3 Å². The van der Waals surface area contributed by atoms with Crippen LogP contribution in [-0.2, 0) is 6.18 Å². The molecule has 0 unspecified atom stereocenters. The molecular weight excluding hydrogens is 399 g/mol. The van der Waals surface area contributed by atoms with Crippen molar-refractivity contribution >= 4 is 17.1 Å². The first-order valence-electron chi connectivity index (χ1n) is 8.69. The molecule has 0 saturated heterocycles. The van der Waals surface area contributed by atoms with Crippen molar-refractivity contribution in [3.8, 4) is 17.1 Å². The van der Waals surface area contributed by atoms with Crippen LogP contribution in [0.15, 0.2) is 61.1 Å². The number of hydrogen-bond donors (Lipinski definition) is 1. The zero-order chi connectivity index (χ0) is 21.3. The fourth-order valence-electron chi connectivity index (χ4n) is 2.95. The first-order chi connectivity index (χ1) is 14.4. The zero-order valence-corrected chi connectivity index (χ0v) is 15.5. The van der Waals surface area contributed by atoms with Gasteiger partial charge in [-0.25, -0.2) is 9.50 Å². The van der Waals surface area contributed by atoms with Gasteiger partial charge in [0.1, 0.15) is 11.4 Å². The highest BCUT2D eigenvalue weighted by atomic mass is 19.4. The van der Waals surface area contributed by atoms with Crippen molar-refractivity contribution in [2.24, 2.45) is 0 Å². The maximum absolute atomic E-state index is 13.1. The Bertz CT molecular complexity index is 1240. The number of anilines is 1. The maximum Gasteiger partial charge on any atom is 0.433 e. The summed E-state index contributed by atoms with van der Waals surface area (Å²) in [7, 11) is 1.46. The number of rotatable bonds is 4. The first-order valence-corrected chi connectivity index (χ1v) is 8.69. The highest BCUT2D eigenvalue weighted by Crippen LogP contribution is 2.31. The van der Waals surface area contributed by atoms with E-state index in [9.17, 15) is 18.0 Å². The third kappa shape index (κ3) is 3.66. The van der Waals surface area contributed by atoms with Crippen molar-refractivity contribution < 1.29 is 22.7 Å². The molecule has 0 saturated carbocycles. The van der Waals surface area contributed by atoms with Gasteiger partial charge in [-0.1, -0.05) is 6.07 Å². The summed E-state index contributed by atoms with van der Waals surface area (Å²) in [5.41, 5.74) is 0.473. The van der Waals surface area contributed by atoms with Crippen LogP contribution in [0.3, 0.4) is 0 Å². The molecule has 0 spiro atoms. The monoisotopic (exact) mass is 413 g/mol. The average molecular weight is 413 g/mol. The number of ether oxygens (including phenoxy) is 1. The number of nitrogens with one attached hydrogen (secondary N) is 1. The second-order valence-electron chi connectivity index (χ2n) is 6.22. The fourth-order valence-corrected chi connectivity index (χ4v) is 2.95. The minimum atomic E-state index is -4.62. The van der Waals surface area contributed by atoms with Crippen LogP contribution in [0.4, 0.5) is 18.9 Å². The average Bonchev–Trinajstić information content (AvgIpc) is 3.13. The van der Waals surface area contributed by atoms with E-state index in [-0.39, 0.29) is 11.3 Å². The number of carbonyl (C=O) groups is 1. The van der Waals surface area contributed by atoms with Gasteiger partial charge in [0, 0.05) is 35.9 Å². The van der Waals surface area contributed by atoms with Gasteiger partial charge in [0.15, 0.2) is 0 Å². The van der Waals surface area contributed by atoms with E-state index in [0.29, 0.717) is 22.7 Å². The van der Waals surface area contributed by atoms with Crippen LogP contribution in [0.5, 0.6) is 5.88 Å². The Morgan fingerprint density at radius 3 is 2.67 bits per heavy atom. The molecule has 30 heavy (non-hydrogen) atoms. The predicted molar refractivity (Wildman–Crippen MR) is 102 cm³/mol. The van der Waals surface area contributed by atoms with Crippen molar-refractivity contribution in [1.82, 2.24) is 19.6 Å². The predicted octanol–water partition coefficient (Wildman–Crippen LogP) is 4.07. The van der Waals surface area contributed by atoms with Crippen LogP contribution in [0.1, 0.15) is 16.1 Å². The number of fused-ring (bicyclic) bond motifs is 1. The summed E-state index contributed by atoms with van der Waals surface area (Å²) in [4.78, 5) is 20.4. The summed E-state index contributed by atoms with van der Waals surface area (Å²) >= 11 is 0. The van der Waals surface area contributed by atoms with E-state index < -0.39 is 17.8 Å². The lowest BCUT2D eigenvalue weighted by molar-refractivity contribution is -0.141. The van der Waals surface area contributed by atoms with Crippen LogP contribution < -0.4 is 10.1 Å². The second kappa shape index (κ2) is 7.47. The highest BCUT2D eigenvalue weighted by molar-refractivity contribution is 6.13. The first kappa shape index (κ1) is 19.4. The molecular formula is C20H14F3N5O2. The minimum Gasteiger partial charge on any atom is -0.481 e. The molecule has 0 radical (unpaired) electrons. The number of halogens is 3. The van der Waals surface area contributed by atoms with Crippen molar-refractivity contribution in [2.45, 2.75) is 6.18 Å². The molecule has 1 amide bonds. The molecule has 0 bridgehead atoms. The van der Waals surface area contributed by atoms with Crippen molar-refractivity contribution in [1.29, 1.82) is 0 Å². The molecule has 4 aromatic heterocycles. The molecule has 10 heteroatoms. The van der Waals surface area contributed by atoms with E-state index in [4.69, 9.17) is 4.74 Å². The Balaban J connectivity index is 1.79. The number of pyridine rings is 3. The van der Waals surface area contributed by atoms with Gasteiger partial charge >= 0.3 is 6.18 Å². The van der Waals surface area contributed by atoms with E-state index in [1.54, 1.807) is 36.5 Å². The molecule has 0 aromatic carbocycles. The number of carbonyl (C=O) groups excluding carboxylic acids is 1. The molecule has 0 aliphatic heterocycles. The molecule has 0 atom stereocenters. The van der Waals surface area contributed by atoms with Gasteiger partial charge in [-0.3, -0.25) is 9.78 Å². The molecule has 1 N–H and O–H groups in total. The molecule has 4 aromatic rings. The molecule has 0 aliphatic carbocycles. The third-order valence-electron chi connectivity index (χ3n) is 4.29. The van der Waals surface area contributed by atoms with Crippen molar-refractivity contribution in [3.05, 3.63) is 72.3 Å². The van der Waals surface area contributed by atoms with Crippen molar-refractivity contribution in [2.75, 3.05) is 12.4 Å². The summed E-state index contributed by atoms with van der Waals surface area (Å²) in [6, 6.07) is 10.5. The zero-order valence-electron chi connectivity index (χ0n) is 15.5. The fraction of sp³-hybridized carbons (Fsp3) is 0.100. The Hall–Kier alpha value is -3.95. The van der Waals surface area contributed by atoms with Crippen LogP contribution in [0.25, 0.3) is 16.8 Å². The molecule has 7 nitrogen and oxygen atoms in total. The van der Waals surface area contributed by atoms with Gasteiger partial charge in [-0.2, -0.15) is 18.3 Å². The smallest absolute Gasteiger partial charge is 0.433 e. The summed E-state index contributed by atoms with van der Waals surface area (Å²) in [6.45, 7) is 0. The van der Waals surface area contributed by atoms with Gasteiger partial charge in [-0.05, 0) is 30.3 Å². The van der Waals surface area contributed by atoms with Gasteiger partial charge in [0.25, 0.3) is 5.91 Å². The Morgan fingerprint density at radius 1 is 1.10 bits per heavy atom. The third-order valence-corrected chi connectivity index (χ3v) is 4.29. The highest BCUT2D eigenvalue weighted by Gasteiger charge is 2.32. The molecule has 4 rings (SSSR count). The summed E-state index contributed by atoms with van der Waals surface area (Å²) in [5, 5.41) is 6.97. The van der Waals surface area contributed by atoms with Crippen LogP contribution >= 0.6 is 0 Å². The number of nitrogens with zero attached hydrogens (tertiary/aromatic N) is 4. The quantitative estimate of drug-likeness (QED) is 0.546. The maximum atomic E-state index is 13.1. The van der Waals surface area contributed by atoms with Gasteiger partial charge in [-0.15, -0.1) is 0 Å². The Labute approximate surface area is 168 Å². The molecule has 4 heterocycles. The number of hydrogen-bond acceptors (Lipinski definition) is 5. The number of amides is 1. The minimum absolute atomic E-state index is 0.0316. The lowest BCUT2D eigenvalue weighted by Gasteiger charge is -2.09. The van der Waals surface area contributed by atoms with Crippen LogP contribution in [0, 0.1) is 0 Å². The Kier molecular flexibility index (Phi) is 4.82. The molecule has 0 fully saturated rings. The topological polar surface area (TPSA) is 81.4 Å². The summed E-state index contributed by atoms with van der Waals surface area (Å²) < 4.78 is 45.5. The molecule has 152 valence electrons. The molecule has 0 aliphatic rings. The number of methoxy groups -OCH3 is 1. The van der Waals surface area contributed by atoms with Gasteiger partial charge < -0.3 is 10.1 Å². The normalized spacial score (nSPS) is 11.5. The summed E-state index contributed by atoms with van der Waals surface area (Å²) in [5.74, 6) is -0.277. The number of aromatic nitrogens is 4. The van der Waals surface area contributed by atoms with Gasteiger partial charge in [0.05, 0.1) is 18.2 Å². The largest absolute Gasteiger partial charge is 0.481 e. The van der Waals surface area contributed by atoms with E-state index in [1.165, 1.54) is 23.9 Å². The SMILES string of the molecule is COc1cc(-c2nn3ccccc3c2C(=O)Nc2ccnc(C(F)(F)F)c2)ccn1.